The summed E-state index contributed by atoms with van der Waals surface area (Å²) in [7, 11) is 0. The third-order valence-electron chi connectivity index (χ3n) is 2.44. The summed E-state index contributed by atoms with van der Waals surface area (Å²) in [4.78, 5) is 13.8. The van der Waals surface area contributed by atoms with E-state index in [4.69, 9.17) is 4.74 Å². The zero-order valence-corrected chi connectivity index (χ0v) is 10.7. The van der Waals surface area contributed by atoms with E-state index in [1.807, 2.05) is 20.8 Å². The molecule has 1 fully saturated rings. The first kappa shape index (κ1) is 13.3. The number of nitrogens with one attached hydrogen (secondary N) is 2. The molecule has 16 heavy (non-hydrogen) atoms. The lowest BCUT2D eigenvalue weighted by Crippen LogP contribution is -2.59. The first-order valence-electron chi connectivity index (χ1n) is 5.86. The first-order valence-corrected chi connectivity index (χ1v) is 5.86. The summed E-state index contributed by atoms with van der Waals surface area (Å²) in [5.41, 5.74) is -0.441. The molecule has 1 amide bonds. The van der Waals surface area contributed by atoms with Crippen molar-refractivity contribution in [2.24, 2.45) is 0 Å². The van der Waals surface area contributed by atoms with Crippen molar-refractivity contribution < 1.29 is 9.53 Å². The van der Waals surface area contributed by atoms with E-state index in [2.05, 4.69) is 22.5 Å². The molecule has 1 unspecified atom stereocenters. The number of nitrogens with zero attached hydrogens (tertiary/aromatic N) is 1. The Morgan fingerprint density at radius 3 is 2.81 bits per heavy atom. The number of amides is 1. The molecule has 2 N–H and O–H groups in total. The quantitative estimate of drug-likeness (QED) is 0.734. The lowest BCUT2D eigenvalue weighted by Gasteiger charge is -2.35. The highest BCUT2D eigenvalue weighted by atomic mass is 16.6. The second kappa shape index (κ2) is 5.50. The lowest BCUT2D eigenvalue weighted by molar-refractivity contribution is 0.0393. The number of ether oxygens (including phenoxy) is 1. The highest BCUT2D eigenvalue weighted by molar-refractivity contribution is 5.68. The Kier molecular flexibility index (Phi) is 4.56. The number of hydrogen-bond acceptors (Lipinski definition) is 4. The van der Waals surface area contributed by atoms with Crippen LogP contribution >= 0.6 is 0 Å². The number of carbonyl (C=O) groups excluding carboxylic acids is 1. The molecular formula is C11H23N3O2. The Morgan fingerprint density at radius 1 is 1.56 bits per heavy atom. The topological polar surface area (TPSA) is 53.6 Å². The summed E-state index contributed by atoms with van der Waals surface area (Å²) in [6.07, 6.45) is -0.312. The second-order valence-corrected chi connectivity index (χ2v) is 4.99. The molecule has 94 valence electrons. The van der Waals surface area contributed by atoms with Gasteiger partial charge in [0.2, 0.25) is 0 Å². The number of rotatable bonds is 2. The van der Waals surface area contributed by atoms with Crippen molar-refractivity contribution in [3.63, 3.8) is 0 Å². The van der Waals surface area contributed by atoms with Crippen LogP contribution in [0.15, 0.2) is 0 Å². The van der Waals surface area contributed by atoms with Crippen molar-refractivity contribution in [1.29, 1.82) is 0 Å². The minimum Gasteiger partial charge on any atom is -0.444 e. The summed E-state index contributed by atoms with van der Waals surface area (Å²) in [5, 5.41) is 6.13. The zero-order chi connectivity index (χ0) is 12.2. The van der Waals surface area contributed by atoms with Crippen molar-refractivity contribution in [3.05, 3.63) is 0 Å². The van der Waals surface area contributed by atoms with Crippen molar-refractivity contribution in [2.45, 2.75) is 39.5 Å². The molecule has 1 aliphatic heterocycles. The average Bonchev–Trinajstić information content (AvgIpc) is 2.15. The standard InChI is InChI=1S/C11H23N3O2/c1-5-14-7-6-12-8-9(14)13-10(15)16-11(2,3)4/h9,12H,5-8H2,1-4H3,(H,13,15). The summed E-state index contributed by atoms with van der Waals surface area (Å²) in [5.74, 6) is 0. The van der Waals surface area contributed by atoms with E-state index in [0.717, 1.165) is 26.2 Å². The molecule has 0 aromatic heterocycles. The maximum Gasteiger partial charge on any atom is 0.408 e. The highest BCUT2D eigenvalue weighted by Crippen LogP contribution is 2.07. The Morgan fingerprint density at radius 2 is 2.25 bits per heavy atom. The van der Waals surface area contributed by atoms with Crippen molar-refractivity contribution >= 4 is 6.09 Å². The summed E-state index contributed by atoms with van der Waals surface area (Å²) in [6.45, 7) is 11.3. The van der Waals surface area contributed by atoms with Gasteiger partial charge in [-0.2, -0.15) is 0 Å². The van der Waals surface area contributed by atoms with Crippen molar-refractivity contribution in [2.75, 3.05) is 26.2 Å². The summed E-state index contributed by atoms with van der Waals surface area (Å²) in [6, 6.07) is 0. The lowest BCUT2D eigenvalue weighted by atomic mass is 10.2. The molecular weight excluding hydrogens is 206 g/mol. The van der Waals surface area contributed by atoms with E-state index in [1.165, 1.54) is 0 Å². The normalized spacial score (nSPS) is 22.9. The molecule has 1 atom stereocenters. The second-order valence-electron chi connectivity index (χ2n) is 4.99. The average molecular weight is 229 g/mol. The highest BCUT2D eigenvalue weighted by Gasteiger charge is 2.24. The van der Waals surface area contributed by atoms with Gasteiger partial charge in [0.25, 0.3) is 0 Å². The van der Waals surface area contributed by atoms with E-state index in [1.54, 1.807) is 0 Å². The van der Waals surface area contributed by atoms with Crippen LogP contribution in [0, 0.1) is 0 Å². The van der Waals surface area contributed by atoms with Crippen LogP contribution in [-0.4, -0.2) is 48.9 Å². The van der Waals surface area contributed by atoms with E-state index in [9.17, 15) is 4.79 Å². The van der Waals surface area contributed by atoms with Gasteiger partial charge in [-0.1, -0.05) is 6.92 Å². The van der Waals surface area contributed by atoms with Crippen LogP contribution < -0.4 is 10.6 Å². The Balaban J connectivity index is 2.42. The molecule has 0 aliphatic carbocycles. The summed E-state index contributed by atoms with van der Waals surface area (Å²) < 4.78 is 5.23. The smallest absolute Gasteiger partial charge is 0.408 e. The molecule has 0 aromatic carbocycles. The zero-order valence-electron chi connectivity index (χ0n) is 10.7. The Labute approximate surface area is 97.5 Å². The molecule has 0 bridgehead atoms. The van der Waals surface area contributed by atoms with Gasteiger partial charge in [0.15, 0.2) is 0 Å². The Bertz CT molecular complexity index is 238. The number of piperazine rings is 1. The van der Waals surface area contributed by atoms with Crippen LogP contribution in [0.1, 0.15) is 27.7 Å². The third kappa shape index (κ3) is 4.37. The van der Waals surface area contributed by atoms with Crippen LogP contribution in [0.2, 0.25) is 0 Å². The van der Waals surface area contributed by atoms with Crippen molar-refractivity contribution in [1.82, 2.24) is 15.5 Å². The molecule has 1 rings (SSSR count). The number of carbonyl (C=O) groups is 1. The van der Waals surface area contributed by atoms with Gasteiger partial charge >= 0.3 is 6.09 Å². The molecule has 5 heteroatoms. The predicted molar refractivity (Wildman–Crippen MR) is 63.3 cm³/mol. The van der Waals surface area contributed by atoms with Crippen LogP contribution in [0.4, 0.5) is 4.79 Å². The van der Waals surface area contributed by atoms with E-state index in [-0.39, 0.29) is 12.3 Å². The Hall–Kier alpha value is -0.810. The maximum absolute atomic E-state index is 11.6. The minimum atomic E-state index is -0.441. The van der Waals surface area contributed by atoms with Crippen LogP contribution in [0.5, 0.6) is 0 Å². The van der Waals surface area contributed by atoms with E-state index in [0.29, 0.717) is 0 Å². The fourth-order valence-electron chi connectivity index (χ4n) is 1.71. The molecule has 1 saturated heterocycles. The maximum atomic E-state index is 11.6. The van der Waals surface area contributed by atoms with Gasteiger partial charge < -0.3 is 15.4 Å². The SMILES string of the molecule is CCN1CCNCC1NC(=O)OC(C)(C)C. The molecule has 1 heterocycles. The van der Waals surface area contributed by atoms with Crippen LogP contribution in [0.25, 0.3) is 0 Å². The van der Waals surface area contributed by atoms with Gasteiger partial charge in [-0.25, -0.2) is 4.79 Å². The van der Waals surface area contributed by atoms with Gasteiger partial charge in [0, 0.05) is 19.6 Å². The predicted octanol–water partition coefficient (Wildman–Crippen LogP) is 0.762. The van der Waals surface area contributed by atoms with E-state index >= 15 is 0 Å². The van der Waals surface area contributed by atoms with E-state index < -0.39 is 5.60 Å². The van der Waals surface area contributed by atoms with Gasteiger partial charge in [0.1, 0.15) is 5.60 Å². The third-order valence-corrected chi connectivity index (χ3v) is 2.44. The van der Waals surface area contributed by atoms with Crippen molar-refractivity contribution in [3.8, 4) is 0 Å². The molecule has 5 nitrogen and oxygen atoms in total. The van der Waals surface area contributed by atoms with Gasteiger partial charge in [-0.15, -0.1) is 0 Å². The summed E-state index contributed by atoms with van der Waals surface area (Å²) >= 11 is 0. The number of hydrogen-bond donors (Lipinski definition) is 2. The molecule has 0 aromatic rings. The fraction of sp³-hybridized carbons (Fsp3) is 0.909. The van der Waals surface area contributed by atoms with Gasteiger partial charge in [-0.3, -0.25) is 4.90 Å². The largest absolute Gasteiger partial charge is 0.444 e. The number of alkyl carbamates (subject to hydrolysis) is 1. The molecule has 1 aliphatic rings. The fourth-order valence-corrected chi connectivity index (χ4v) is 1.71. The number of likely N-dealkylation sites (N-methyl/N-ethyl adjacent to an activating group) is 1. The van der Waals surface area contributed by atoms with Gasteiger partial charge in [-0.05, 0) is 27.3 Å². The minimum absolute atomic E-state index is 0.0357. The van der Waals surface area contributed by atoms with Crippen LogP contribution in [0.3, 0.4) is 0 Å². The molecule has 0 spiro atoms. The monoisotopic (exact) mass is 229 g/mol. The van der Waals surface area contributed by atoms with Gasteiger partial charge in [0.05, 0.1) is 6.17 Å². The molecule has 0 saturated carbocycles. The van der Waals surface area contributed by atoms with Crippen LogP contribution in [-0.2, 0) is 4.74 Å². The molecule has 0 radical (unpaired) electrons. The first-order chi connectivity index (χ1) is 7.42.